The predicted octanol–water partition coefficient (Wildman–Crippen LogP) is 4.22. The number of methoxy groups -OCH3 is 1. The fraction of sp³-hybridized carbons (Fsp3) is 0.273. The second kappa shape index (κ2) is 10.3. The molecule has 0 aromatic heterocycles. The van der Waals surface area contributed by atoms with Crippen molar-refractivity contribution >= 4 is 11.9 Å². The van der Waals surface area contributed by atoms with Crippen LogP contribution in [0.15, 0.2) is 66.5 Å². The number of carbonyl (C=O) groups excluding carboxylic acids is 2. The molecular weight excluding hydrogens is 361 g/mol. The molecule has 2 aromatic rings. The van der Waals surface area contributed by atoms with Crippen LogP contribution in [0.25, 0.3) is 0 Å². The standard InChI is InChI=1S/C22H24FNO4/c1-4-28-22(26)15(2)14-19(23)20(16-8-6-5-7-9-16)24-21(25)17-10-12-18(27-3)13-11-17/h5-15,20H,4H2,1-3H3,(H,24,25)/b19-14-. The monoisotopic (exact) mass is 385 g/mol. The Morgan fingerprint density at radius 1 is 1.11 bits per heavy atom. The number of rotatable bonds is 8. The zero-order valence-corrected chi connectivity index (χ0v) is 16.1. The van der Waals surface area contributed by atoms with Crippen LogP contribution in [0, 0.1) is 5.92 Å². The van der Waals surface area contributed by atoms with Gasteiger partial charge in [-0.15, -0.1) is 0 Å². The number of amides is 1. The quantitative estimate of drug-likeness (QED) is 0.691. The zero-order chi connectivity index (χ0) is 20.5. The van der Waals surface area contributed by atoms with Gasteiger partial charge in [-0.05, 0) is 49.8 Å². The van der Waals surface area contributed by atoms with Gasteiger partial charge in [0.15, 0.2) is 0 Å². The highest BCUT2D eigenvalue weighted by Crippen LogP contribution is 2.25. The molecule has 28 heavy (non-hydrogen) atoms. The van der Waals surface area contributed by atoms with Gasteiger partial charge in [-0.3, -0.25) is 9.59 Å². The molecule has 0 radical (unpaired) electrons. The maximum Gasteiger partial charge on any atom is 0.312 e. The molecule has 2 aromatic carbocycles. The summed E-state index contributed by atoms with van der Waals surface area (Å²) >= 11 is 0. The van der Waals surface area contributed by atoms with Crippen molar-refractivity contribution in [3.05, 3.63) is 77.6 Å². The molecule has 1 amide bonds. The number of carbonyl (C=O) groups is 2. The van der Waals surface area contributed by atoms with Crippen molar-refractivity contribution in [2.75, 3.05) is 13.7 Å². The highest BCUT2D eigenvalue weighted by atomic mass is 19.1. The summed E-state index contributed by atoms with van der Waals surface area (Å²) in [7, 11) is 1.53. The minimum absolute atomic E-state index is 0.217. The molecule has 0 saturated heterocycles. The van der Waals surface area contributed by atoms with Crippen LogP contribution in [0.5, 0.6) is 5.75 Å². The van der Waals surface area contributed by atoms with Crippen LogP contribution in [0.2, 0.25) is 0 Å². The highest BCUT2D eigenvalue weighted by Gasteiger charge is 2.22. The van der Waals surface area contributed by atoms with Crippen LogP contribution in [-0.4, -0.2) is 25.6 Å². The first-order chi connectivity index (χ1) is 13.5. The van der Waals surface area contributed by atoms with Gasteiger partial charge in [0.25, 0.3) is 5.91 Å². The van der Waals surface area contributed by atoms with E-state index in [1.807, 2.05) is 0 Å². The average Bonchev–Trinajstić information content (AvgIpc) is 2.72. The summed E-state index contributed by atoms with van der Waals surface area (Å²) < 4.78 is 25.0. The Kier molecular flexibility index (Phi) is 7.75. The molecule has 1 N–H and O–H groups in total. The van der Waals surface area contributed by atoms with Crippen molar-refractivity contribution in [2.24, 2.45) is 5.92 Å². The molecule has 0 saturated carbocycles. The molecule has 0 spiro atoms. The number of benzene rings is 2. The van der Waals surface area contributed by atoms with Crippen LogP contribution in [0.3, 0.4) is 0 Å². The van der Waals surface area contributed by atoms with Gasteiger partial charge < -0.3 is 14.8 Å². The summed E-state index contributed by atoms with van der Waals surface area (Å²) in [6.07, 6.45) is 1.17. The number of ether oxygens (including phenoxy) is 2. The third-order valence-electron chi connectivity index (χ3n) is 4.10. The van der Waals surface area contributed by atoms with E-state index in [1.165, 1.54) is 13.2 Å². The van der Waals surface area contributed by atoms with Gasteiger partial charge in [0.2, 0.25) is 0 Å². The SMILES string of the molecule is CCOC(=O)C(C)/C=C(\F)C(NC(=O)c1ccc(OC)cc1)c1ccccc1. The van der Waals surface area contributed by atoms with Crippen molar-refractivity contribution < 1.29 is 23.5 Å². The normalized spacial score (nSPS) is 13.4. The molecule has 5 nitrogen and oxygen atoms in total. The van der Waals surface area contributed by atoms with Gasteiger partial charge in [-0.2, -0.15) is 0 Å². The summed E-state index contributed by atoms with van der Waals surface area (Å²) in [6.45, 7) is 3.45. The van der Waals surface area contributed by atoms with Gasteiger partial charge in [-0.1, -0.05) is 30.3 Å². The number of hydrogen-bond donors (Lipinski definition) is 1. The van der Waals surface area contributed by atoms with E-state index in [-0.39, 0.29) is 6.61 Å². The summed E-state index contributed by atoms with van der Waals surface area (Å²) in [6, 6.07) is 14.2. The molecule has 0 heterocycles. The van der Waals surface area contributed by atoms with Crippen molar-refractivity contribution in [1.29, 1.82) is 0 Å². The lowest BCUT2D eigenvalue weighted by atomic mass is 10.0. The third kappa shape index (κ3) is 5.67. The maximum atomic E-state index is 15.0. The summed E-state index contributed by atoms with van der Waals surface area (Å²) in [5.74, 6) is -1.75. The van der Waals surface area contributed by atoms with Crippen LogP contribution >= 0.6 is 0 Å². The lowest BCUT2D eigenvalue weighted by molar-refractivity contribution is -0.145. The molecule has 0 bridgehead atoms. The Morgan fingerprint density at radius 2 is 1.75 bits per heavy atom. The van der Waals surface area contributed by atoms with E-state index in [4.69, 9.17) is 9.47 Å². The first-order valence-corrected chi connectivity index (χ1v) is 9.00. The number of esters is 1. The van der Waals surface area contributed by atoms with Crippen LogP contribution < -0.4 is 10.1 Å². The summed E-state index contributed by atoms with van der Waals surface area (Å²) in [5, 5.41) is 2.69. The van der Waals surface area contributed by atoms with Gasteiger partial charge in [-0.25, -0.2) is 4.39 Å². The van der Waals surface area contributed by atoms with E-state index in [1.54, 1.807) is 68.4 Å². The van der Waals surface area contributed by atoms with Crippen molar-refractivity contribution in [3.63, 3.8) is 0 Å². The van der Waals surface area contributed by atoms with Crippen LogP contribution in [-0.2, 0) is 9.53 Å². The Bertz CT molecular complexity index is 818. The first kappa shape index (κ1) is 21.2. The number of halogens is 1. The molecular formula is C22H24FNO4. The molecule has 6 heteroatoms. The zero-order valence-electron chi connectivity index (χ0n) is 16.1. The van der Waals surface area contributed by atoms with Crippen LogP contribution in [0.4, 0.5) is 4.39 Å². The van der Waals surface area contributed by atoms with Gasteiger partial charge in [0.05, 0.1) is 19.6 Å². The third-order valence-corrected chi connectivity index (χ3v) is 4.10. The fourth-order valence-electron chi connectivity index (χ4n) is 2.59. The molecule has 2 unspecified atom stereocenters. The van der Waals surface area contributed by atoms with E-state index in [2.05, 4.69) is 5.32 Å². The smallest absolute Gasteiger partial charge is 0.312 e. The molecule has 0 aliphatic rings. The molecule has 0 aliphatic carbocycles. The van der Waals surface area contributed by atoms with Gasteiger partial charge in [0.1, 0.15) is 17.6 Å². The fourth-order valence-corrected chi connectivity index (χ4v) is 2.59. The predicted molar refractivity (Wildman–Crippen MR) is 105 cm³/mol. The first-order valence-electron chi connectivity index (χ1n) is 9.00. The second-order valence-electron chi connectivity index (χ2n) is 6.14. The number of nitrogens with one attached hydrogen (secondary N) is 1. The minimum atomic E-state index is -1.02. The topological polar surface area (TPSA) is 64.6 Å². The highest BCUT2D eigenvalue weighted by molar-refractivity contribution is 5.94. The lowest BCUT2D eigenvalue weighted by Gasteiger charge is -2.19. The molecule has 0 aliphatic heterocycles. The van der Waals surface area contributed by atoms with Gasteiger partial charge in [0, 0.05) is 5.56 Å². The van der Waals surface area contributed by atoms with Crippen molar-refractivity contribution in [1.82, 2.24) is 5.32 Å². The Hall–Kier alpha value is -3.15. The van der Waals surface area contributed by atoms with E-state index in [0.29, 0.717) is 16.9 Å². The van der Waals surface area contributed by atoms with E-state index < -0.39 is 29.7 Å². The van der Waals surface area contributed by atoms with E-state index in [9.17, 15) is 9.59 Å². The summed E-state index contributed by atoms with van der Waals surface area (Å²) in [5.41, 5.74) is 0.933. The molecule has 148 valence electrons. The van der Waals surface area contributed by atoms with Crippen molar-refractivity contribution in [2.45, 2.75) is 19.9 Å². The minimum Gasteiger partial charge on any atom is -0.497 e. The average molecular weight is 385 g/mol. The summed E-state index contributed by atoms with van der Waals surface area (Å²) in [4.78, 5) is 24.4. The number of hydrogen-bond acceptors (Lipinski definition) is 4. The lowest BCUT2D eigenvalue weighted by Crippen LogP contribution is -2.29. The van der Waals surface area contributed by atoms with Gasteiger partial charge >= 0.3 is 5.97 Å². The molecule has 0 fully saturated rings. The Morgan fingerprint density at radius 3 is 2.32 bits per heavy atom. The molecule has 2 rings (SSSR count). The van der Waals surface area contributed by atoms with E-state index in [0.717, 1.165) is 0 Å². The second-order valence-corrected chi connectivity index (χ2v) is 6.14. The van der Waals surface area contributed by atoms with Crippen molar-refractivity contribution in [3.8, 4) is 5.75 Å². The van der Waals surface area contributed by atoms with Crippen LogP contribution in [0.1, 0.15) is 35.8 Å². The largest absolute Gasteiger partial charge is 0.497 e. The molecule has 2 atom stereocenters. The Balaban J connectivity index is 2.26. The Labute approximate surface area is 164 Å². The van der Waals surface area contributed by atoms with E-state index >= 15 is 4.39 Å². The maximum absolute atomic E-state index is 15.0.